The molecule has 1 fully saturated rings. The SMILES string of the molecule is CN=C(NCc1ccnc(OCC2CC2)c1)N(C)CCc1cccs1. The second-order valence-corrected chi connectivity index (χ2v) is 7.44. The second kappa shape index (κ2) is 8.85. The molecule has 0 aromatic carbocycles. The number of ether oxygens (including phenoxy) is 1. The van der Waals surface area contributed by atoms with Crippen molar-refractivity contribution in [2.75, 3.05) is 27.2 Å². The first-order valence-electron chi connectivity index (χ1n) is 8.76. The van der Waals surface area contributed by atoms with Crippen LogP contribution < -0.4 is 10.1 Å². The molecule has 2 aromatic rings. The Kier molecular flexibility index (Phi) is 6.28. The van der Waals surface area contributed by atoms with Gasteiger partial charge in [0.25, 0.3) is 0 Å². The highest BCUT2D eigenvalue weighted by Crippen LogP contribution is 2.29. The van der Waals surface area contributed by atoms with Gasteiger partial charge in [0.1, 0.15) is 0 Å². The molecular weight excluding hydrogens is 332 g/mol. The van der Waals surface area contributed by atoms with Crippen LogP contribution in [0, 0.1) is 5.92 Å². The molecule has 2 heterocycles. The molecule has 2 aromatic heterocycles. The van der Waals surface area contributed by atoms with Crippen molar-refractivity contribution in [3.8, 4) is 5.88 Å². The molecule has 0 aliphatic heterocycles. The molecule has 0 atom stereocenters. The summed E-state index contributed by atoms with van der Waals surface area (Å²) < 4.78 is 5.75. The zero-order valence-corrected chi connectivity index (χ0v) is 15.8. The molecule has 1 saturated carbocycles. The molecule has 1 N–H and O–H groups in total. The number of hydrogen-bond acceptors (Lipinski definition) is 4. The highest BCUT2D eigenvalue weighted by atomic mass is 32.1. The van der Waals surface area contributed by atoms with Gasteiger partial charge >= 0.3 is 0 Å². The Morgan fingerprint density at radius 2 is 2.32 bits per heavy atom. The fourth-order valence-electron chi connectivity index (χ4n) is 2.53. The zero-order chi connectivity index (χ0) is 17.5. The lowest BCUT2D eigenvalue weighted by molar-refractivity contribution is 0.288. The predicted molar refractivity (Wildman–Crippen MR) is 103 cm³/mol. The summed E-state index contributed by atoms with van der Waals surface area (Å²) >= 11 is 1.80. The van der Waals surface area contributed by atoms with Crippen LogP contribution >= 0.6 is 11.3 Å². The van der Waals surface area contributed by atoms with E-state index in [0.29, 0.717) is 12.4 Å². The second-order valence-electron chi connectivity index (χ2n) is 6.41. The normalized spacial score (nSPS) is 14.4. The number of thiophene rings is 1. The maximum Gasteiger partial charge on any atom is 0.213 e. The number of nitrogens with zero attached hydrogens (tertiary/aromatic N) is 3. The quantitative estimate of drug-likeness (QED) is 0.582. The van der Waals surface area contributed by atoms with Crippen LogP contribution in [0.4, 0.5) is 0 Å². The maximum atomic E-state index is 5.75. The lowest BCUT2D eigenvalue weighted by Crippen LogP contribution is -2.39. The number of likely N-dealkylation sites (N-methyl/N-ethyl adjacent to an activating group) is 1. The third kappa shape index (κ3) is 5.74. The van der Waals surface area contributed by atoms with Crippen LogP contribution in [-0.4, -0.2) is 43.1 Å². The maximum absolute atomic E-state index is 5.75. The van der Waals surface area contributed by atoms with Gasteiger partial charge in [-0.3, -0.25) is 4.99 Å². The molecule has 0 saturated heterocycles. The molecule has 0 amide bonds. The Labute approximate surface area is 153 Å². The molecule has 25 heavy (non-hydrogen) atoms. The minimum Gasteiger partial charge on any atom is -0.477 e. The lowest BCUT2D eigenvalue weighted by atomic mass is 10.2. The van der Waals surface area contributed by atoms with Gasteiger partial charge in [-0.25, -0.2) is 4.98 Å². The fourth-order valence-corrected chi connectivity index (χ4v) is 3.23. The molecule has 1 aliphatic carbocycles. The molecule has 6 heteroatoms. The zero-order valence-electron chi connectivity index (χ0n) is 14.9. The molecule has 5 nitrogen and oxygen atoms in total. The van der Waals surface area contributed by atoms with E-state index in [1.165, 1.54) is 17.7 Å². The van der Waals surface area contributed by atoms with Gasteiger partial charge in [-0.1, -0.05) is 6.07 Å². The average Bonchev–Trinajstić information content (AvgIpc) is 3.32. The first kappa shape index (κ1) is 17.7. The van der Waals surface area contributed by atoms with Crippen molar-refractivity contribution in [3.05, 3.63) is 46.3 Å². The van der Waals surface area contributed by atoms with E-state index in [-0.39, 0.29) is 0 Å². The predicted octanol–water partition coefficient (Wildman–Crippen LogP) is 3.18. The van der Waals surface area contributed by atoms with E-state index in [0.717, 1.165) is 37.0 Å². The Bertz CT molecular complexity index is 682. The van der Waals surface area contributed by atoms with Crippen LogP contribution in [0.3, 0.4) is 0 Å². The third-order valence-corrected chi connectivity index (χ3v) is 5.20. The van der Waals surface area contributed by atoms with Crippen molar-refractivity contribution < 1.29 is 4.74 Å². The van der Waals surface area contributed by atoms with E-state index < -0.39 is 0 Å². The average molecular weight is 359 g/mol. The minimum absolute atomic E-state index is 0.707. The first-order chi connectivity index (χ1) is 12.2. The monoisotopic (exact) mass is 358 g/mol. The van der Waals surface area contributed by atoms with E-state index >= 15 is 0 Å². The van der Waals surface area contributed by atoms with Gasteiger partial charge in [0.05, 0.1) is 6.61 Å². The number of hydrogen-bond donors (Lipinski definition) is 1. The van der Waals surface area contributed by atoms with E-state index in [1.54, 1.807) is 11.3 Å². The van der Waals surface area contributed by atoms with Crippen LogP contribution in [0.5, 0.6) is 5.88 Å². The van der Waals surface area contributed by atoms with Crippen molar-refractivity contribution in [2.24, 2.45) is 10.9 Å². The topological polar surface area (TPSA) is 49.8 Å². The summed E-state index contributed by atoms with van der Waals surface area (Å²) in [4.78, 5) is 12.2. The van der Waals surface area contributed by atoms with Crippen molar-refractivity contribution in [2.45, 2.75) is 25.8 Å². The van der Waals surface area contributed by atoms with Gasteiger partial charge in [0, 0.05) is 44.3 Å². The van der Waals surface area contributed by atoms with Gasteiger partial charge in [0.15, 0.2) is 5.96 Å². The van der Waals surface area contributed by atoms with Crippen LogP contribution in [0.25, 0.3) is 0 Å². The van der Waals surface area contributed by atoms with Gasteiger partial charge in [0.2, 0.25) is 5.88 Å². The molecule has 0 bridgehead atoms. The van der Waals surface area contributed by atoms with Crippen molar-refractivity contribution >= 4 is 17.3 Å². The van der Waals surface area contributed by atoms with E-state index in [4.69, 9.17) is 4.74 Å². The Hall–Kier alpha value is -2.08. The van der Waals surface area contributed by atoms with Gasteiger partial charge in [-0.15, -0.1) is 11.3 Å². The van der Waals surface area contributed by atoms with E-state index in [1.807, 2.05) is 25.4 Å². The van der Waals surface area contributed by atoms with Crippen LogP contribution in [0.15, 0.2) is 40.8 Å². The van der Waals surface area contributed by atoms with Crippen LogP contribution in [0.1, 0.15) is 23.3 Å². The molecule has 0 radical (unpaired) electrons. The summed E-state index contributed by atoms with van der Waals surface area (Å²) in [6.45, 7) is 2.43. The van der Waals surface area contributed by atoms with E-state index in [2.05, 4.69) is 44.8 Å². The minimum atomic E-state index is 0.707. The summed E-state index contributed by atoms with van der Waals surface area (Å²) in [6, 6.07) is 8.29. The highest BCUT2D eigenvalue weighted by molar-refractivity contribution is 7.09. The number of guanidine groups is 1. The van der Waals surface area contributed by atoms with Gasteiger partial charge < -0.3 is 15.0 Å². The van der Waals surface area contributed by atoms with Crippen molar-refractivity contribution in [1.82, 2.24) is 15.2 Å². The number of nitrogens with one attached hydrogen (secondary N) is 1. The third-order valence-electron chi connectivity index (χ3n) is 4.26. The summed E-state index contributed by atoms with van der Waals surface area (Å²) in [5.74, 6) is 2.35. The molecular formula is C19H26N4OS. The van der Waals surface area contributed by atoms with Gasteiger partial charge in [-0.2, -0.15) is 0 Å². The summed E-state index contributed by atoms with van der Waals surface area (Å²) in [7, 11) is 3.89. The van der Waals surface area contributed by atoms with Crippen molar-refractivity contribution in [1.29, 1.82) is 0 Å². The number of rotatable bonds is 8. The van der Waals surface area contributed by atoms with E-state index in [9.17, 15) is 0 Å². The molecule has 0 unspecified atom stereocenters. The number of aromatic nitrogens is 1. The summed E-state index contributed by atoms with van der Waals surface area (Å²) in [6.07, 6.45) is 5.41. The lowest BCUT2D eigenvalue weighted by Gasteiger charge is -2.22. The van der Waals surface area contributed by atoms with Crippen molar-refractivity contribution in [3.63, 3.8) is 0 Å². The Balaban J connectivity index is 1.47. The standard InChI is InChI=1S/C19H26N4OS/c1-20-19(23(2)10-8-17-4-3-11-25-17)22-13-16-7-9-21-18(12-16)24-14-15-5-6-15/h3-4,7,9,11-12,15H,5-6,8,10,13-14H2,1-2H3,(H,20,22). The molecule has 1 aliphatic rings. The van der Waals surface area contributed by atoms with Gasteiger partial charge in [-0.05, 0) is 48.3 Å². The molecule has 0 spiro atoms. The number of pyridine rings is 1. The highest BCUT2D eigenvalue weighted by Gasteiger charge is 2.22. The van der Waals surface area contributed by atoms with Crippen LogP contribution in [-0.2, 0) is 13.0 Å². The Morgan fingerprint density at radius 1 is 1.44 bits per heavy atom. The number of aliphatic imine (C=N–C) groups is 1. The van der Waals surface area contributed by atoms with Crippen LogP contribution in [0.2, 0.25) is 0 Å². The smallest absolute Gasteiger partial charge is 0.213 e. The summed E-state index contributed by atoms with van der Waals surface area (Å²) in [5.41, 5.74) is 1.15. The molecule has 134 valence electrons. The first-order valence-corrected chi connectivity index (χ1v) is 9.64. The fraction of sp³-hybridized carbons (Fsp3) is 0.474. The largest absolute Gasteiger partial charge is 0.477 e. The molecule has 3 rings (SSSR count). The Morgan fingerprint density at radius 3 is 3.04 bits per heavy atom. The summed E-state index contributed by atoms with van der Waals surface area (Å²) in [5, 5.41) is 5.54.